The van der Waals surface area contributed by atoms with Crippen LogP contribution < -0.4 is 0 Å². The van der Waals surface area contributed by atoms with E-state index in [0.717, 1.165) is 24.8 Å². The third-order valence-electron chi connectivity index (χ3n) is 4.48. The van der Waals surface area contributed by atoms with E-state index in [2.05, 4.69) is 0 Å². The molecule has 1 saturated carbocycles. The molecule has 0 heterocycles. The van der Waals surface area contributed by atoms with Gasteiger partial charge in [-0.2, -0.15) is 0 Å². The first kappa shape index (κ1) is 14.6. The van der Waals surface area contributed by atoms with E-state index in [-0.39, 0.29) is 5.92 Å². The van der Waals surface area contributed by atoms with Crippen LogP contribution in [-0.4, -0.2) is 5.11 Å². The van der Waals surface area contributed by atoms with Crippen LogP contribution >= 0.6 is 11.6 Å². The van der Waals surface area contributed by atoms with Crippen LogP contribution in [0.1, 0.15) is 42.7 Å². The van der Waals surface area contributed by atoms with Crippen molar-refractivity contribution in [3.63, 3.8) is 0 Å². The molecular formula is C18H18ClFO. The minimum atomic E-state index is -1.16. The number of hydrogen-bond donors (Lipinski definition) is 1. The van der Waals surface area contributed by atoms with Crippen molar-refractivity contribution in [3.8, 4) is 0 Å². The number of halogens is 2. The second-order valence-electron chi connectivity index (χ2n) is 5.76. The van der Waals surface area contributed by atoms with E-state index in [1.54, 1.807) is 12.1 Å². The maximum Gasteiger partial charge on any atom is 0.130 e. The van der Waals surface area contributed by atoms with E-state index in [1.807, 2.05) is 30.3 Å². The first-order valence-electron chi connectivity index (χ1n) is 7.34. The van der Waals surface area contributed by atoms with Crippen LogP contribution in [0, 0.1) is 5.82 Å². The summed E-state index contributed by atoms with van der Waals surface area (Å²) < 4.78 is 14.3. The molecule has 21 heavy (non-hydrogen) atoms. The Morgan fingerprint density at radius 3 is 2.57 bits per heavy atom. The van der Waals surface area contributed by atoms with E-state index in [0.29, 0.717) is 17.0 Å². The fraction of sp³-hybridized carbons (Fsp3) is 0.333. The maximum atomic E-state index is 14.3. The summed E-state index contributed by atoms with van der Waals surface area (Å²) in [5.41, 5.74) is 0.267. The van der Waals surface area contributed by atoms with Gasteiger partial charge in [0.25, 0.3) is 0 Å². The van der Waals surface area contributed by atoms with Gasteiger partial charge in [0, 0.05) is 16.5 Å². The number of hydrogen-bond acceptors (Lipinski definition) is 1. The van der Waals surface area contributed by atoms with E-state index >= 15 is 0 Å². The molecule has 0 bridgehead atoms. The van der Waals surface area contributed by atoms with Crippen molar-refractivity contribution in [1.29, 1.82) is 0 Å². The Morgan fingerprint density at radius 1 is 1.10 bits per heavy atom. The van der Waals surface area contributed by atoms with Gasteiger partial charge in [0.05, 0.1) is 5.60 Å². The predicted octanol–water partition coefficient (Wildman–Crippen LogP) is 5.02. The number of rotatable bonds is 2. The highest BCUT2D eigenvalue weighted by Crippen LogP contribution is 2.48. The quantitative estimate of drug-likeness (QED) is 0.825. The molecular weight excluding hydrogens is 287 g/mol. The Kier molecular flexibility index (Phi) is 4.01. The molecule has 0 aliphatic heterocycles. The summed E-state index contributed by atoms with van der Waals surface area (Å²) in [6.07, 6.45) is 3.40. The third-order valence-corrected chi connectivity index (χ3v) is 4.71. The summed E-state index contributed by atoms with van der Waals surface area (Å²) in [5, 5.41) is 11.6. The zero-order valence-electron chi connectivity index (χ0n) is 11.7. The molecule has 2 aromatic rings. The number of aliphatic hydroxyl groups is 1. The highest BCUT2D eigenvalue weighted by molar-refractivity contribution is 6.30. The van der Waals surface area contributed by atoms with Crippen molar-refractivity contribution in [2.24, 2.45) is 0 Å². The van der Waals surface area contributed by atoms with Crippen molar-refractivity contribution >= 4 is 11.6 Å². The Labute approximate surface area is 129 Å². The molecule has 0 aromatic heterocycles. The SMILES string of the molecule is OC1(c2ccc(Cl)cc2F)CCCCC1c1ccccc1. The van der Waals surface area contributed by atoms with Gasteiger partial charge in [0.2, 0.25) is 0 Å². The minimum absolute atomic E-state index is 0.0804. The van der Waals surface area contributed by atoms with E-state index in [1.165, 1.54) is 6.07 Å². The normalized spacial score (nSPS) is 25.8. The van der Waals surface area contributed by atoms with E-state index in [4.69, 9.17) is 11.6 Å². The lowest BCUT2D eigenvalue weighted by Gasteiger charge is -2.41. The minimum Gasteiger partial charge on any atom is -0.384 e. The van der Waals surface area contributed by atoms with E-state index in [9.17, 15) is 9.50 Å². The Bertz CT molecular complexity index is 628. The molecule has 1 fully saturated rings. The Morgan fingerprint density at radius 2 is 1.86 bits per heavy atom. The zero-order valence-corrected chi connectivity index (χ0v) is 12.5. The molecule has 110 valence electrons. The van der Waals surface area contributed by atoms with Crippen LogP contribution in [0.4, 0.5) is 4.39 Å². The molecule has 0 saturated heterocycles. The molecule has 1 aliphatic carbocycles. The van der Waals surface area contributed by atoms with Crippen LogP contribution in [-0.2, 0) is 5.60 Å². The molecule has 0 spiro atoms. The molecule has 2 unspecified atom stereocenters. The van der Waals surface area contributed by atoms with Crippen LogP contribution in [0.3, 0.4) is 0 Å². The average Bonchev–Trinajstić information content (AvgIpc) is 2.48. The van der Waals surface area contributed by atoms with Gasteiger partial charge in [-0.15, -0.1) is 0 Å². The van der Waals surface area contributed by atoms with Crippen molar-refractivity contribution in [3.05, 3.63) is 70.5 Å². The second-order valence-corrected chi connectivity index (χ2v) is 6.19. The fourth-order valence-corrected chi connectivity index (χ4v) is 3.61. The molecule has 2 aromatic carbocycles. The van der Waals surface area contributed by atoms with E-state index < -0.39 is 11.4 Å². The molecule has 0 amide bonds. The molecule has 3 heteroatoms. The Hall–Kier alpha value is -1.38. The highest BCUT2D eigenvalue weighted by Gasteiger charge is 2.42. The summed E-state index contributed by atoms with van der Waals surface area (Å²) in [6.45, 7) is 0. The summed E-state index contributed by atoms with van der Waals surface area (Å²) in [5.74, 6) is -0.504. The van der Waals surface area contributed by atoms with Crippen molar-refractivity contribution in [1.82, 2.24) is 0 Å². The van der Waals surface area contributed by atoms with Gasteiger partial charge in [0.1, 0.15) is 5.82 Å². The maximum absolute atomic E-state index is 14.3. The molecule has 2 atom stereocenters. The second kappa shape index (κ2) is 5.78. The van der Waals surface area contributed by atoms with Crippen molar-refractivity contribution < 1.29 is 9.50 Å². The monoisotopic (exact) mass is 304 g/mol. The van der Waals surface area contributed by atoms with Crippen LogP contribution in [0.5, 0.6) is 0 Å². The molecule has 1 N–H and O–H groups in total. The lowest BCUT2D eigenvalue weighted by atomic mass is 9.68. The van der Waals surface area contributed by atoms with Crippen LogP contribution in [0.2, 0.25) is 5.02 Å². The van der Waals surface area contributed by atoms with Gasteiger partial charge in [0.15, 0.2) is 0 Å². The lowest BCUT2D eigenvalue weighted by molar-refractivity contribution is -0.0253. The van der Waals surface area contributed by atoms with Gasteiger partial charge >= 0.3 is 0 Å². The molecule has 1 aliphatic rings. The van der Waals surface area contributed by atoms with Crippen molar-refractivity contribution in [2.75, 3.05) is 0 Å². The fourth-order valence-electron chi connectivity index (χ4n) is 3.45. The summed E-state index contributed by atoms with van der Waals surface area (Å²) in [6, 6.07) is 14.4. The van der Waals surface area contributed by atoms with Gasteiger partial charge in [-0.3, -0.25) is 0 Å². The van der Waals surface area contributed by atoms with Gasteiger partial charge in [-0.05, 0) is 30.5 Å². The molecule has 1 nitrogen and oxygen atoms in total. The summed E-state index contributed by atoms with van der Waals surface area (Å²) in [4.78, 5) is 0. The standard InChI is InChI=1S/C18H18ClFO/c19-14-9-10-16(17(20)12-14)18(21)11-5-4-8-15(18)13-6-2-1-3-7-13/h1-3,6-7,9-10,12,15,21H,4-5,8,11H2. The van der Waals surface area contributed by atoms with Crippen LogP contribution in [0.15, 0.2) is 48.5 Å². The number of benzene rings is 2. The first-order chi connectivity index (χ1) is 10.1. The van der Waals surface area contributed by atoms with Crippen LogP contribution in [0.25, 0.3) is 0 Å². The summed E-state index contributed by atoms with van der Waals surface area (Å²) in [7, 11) is 0. The largest absolute Gasteiger partial charge is 0.384 e. The summed E-state index contributed by atoms with van der Waals surface area (Å²) >= 11 is 5.83. The van der Waals surface area contributed by atoms with Crippen molar-refractivity contribution in [2.45, 2.75) is 37.2 Å². The Balaban J connectivity index is 2.07. The zero-order chi connectivity index (χ0) is 14.9. The van der Waals surface area contributed by atoms with Gasteiger partial charge < -0.3 is 5.11 Å². The predicted molar refractivity (Wildman–Crippen MR) is 83.0 cm³/mol. The lowest BCUT2D eigenvalue weighted by Crippen LogP contribution is -2.37. The van der Waals surface area contributed by atoms with Gasteiger partial charge in [-0.1, -0.05) is 60.8 Å². The smallest absolute Gasteiger partial charge is 0.130 e. The average molecular weight is 305 g/mol. The highest BCUT2D eigenvalue weighted by atomic mass is 35.5. The molecule has 0 radical (unpaired) electrons. The van der Waals surface area contributed by atoms with Gasteiger partial charge in [-0.25, -0.2) is 4.39 Å². The topological polar surface area (TPSA) is 20.2 Å². The first-order valence-corrected chi connectivity index (χ1v) is 7.72. The third kappa shape index (κ3) is 2.70. The molecule has 3 rings (SSSR count).